The van der Waals surface area contributed by atoms with Gasteiger partial charge in [-0.05, 0) is 39.5 Å². The molecule has 0 heterocycles. The molecular weight excluding hydrogens is 706 g/mol. The van der Waals surface area contributed by atoms with Crippen LogP contribution in [0.1, 0.15) is 63.8 Å². The van der Waals surface area contributed by atoms with Crippen LogP contribution in [0.5, 0.6) is 0 Å². The molecule has 0 fully saturated rings. The van der Waals surface area contributed by atoms with Crippen LogP contribution in [0.15, 0.2) is 109 Å². The van der Waals surface area contributed by atoms with Gasteiger partial charge in [0.25, 0.3) is 0 Å². The molecule has 0 saturated heterocycles. The Labute approximate surface area is 278 Å². The van der Waals surface area contributed by atoms with E-state index in [1.165, 1.54) is 55.6 Å². The number of rotatable bonds is 2. The number of hydrogen-bond donors (Lipinski definition) is 0. The summed E-state index contributed by atoms with van der Waals surface area (Å²) in [5.74, 6) is 0. The quantitative estimate of drug-likeness (QED) is 0.183. The molecule has 6 rings (SSSR count). The molecule has 0 aromatic heterocycles. The van der Waals surface area contributed by atoms with Gasteiger partial charge in [-0.25, -0.2) is 12.1 Å². The van der Waals surface area contributed by atoms with Crippen molar-refractivity contribution < 1.29 is 50.7 Å². The van der Waals surface area contributed by atoms with Crippen LogP contribution in [0, 0.1) is 6.07 Å². The Balaban J connectivity index is 0.000000667. The maximum absolute atomic E-state index is 3.88. The molecule has 5 aromatic carbocycles. The first-order valence-corrected chi connectivity index (χ1v) is 13.7. The van der Waals surface area contributed by atoms with E-state index in [2.05, 4.69) is 126 Å². The molecule has 0 amide bonds. The molecule has 0 nitrogen and oxygen atoms in total. The molecule has 0 unspecified atom stereocenters. The Hall–Kier alpha value is -2.32. The van der Waals surface area contributed by atoms with Crippen LogP contribution >= 0.6 is 0 Å². The van der Waals surface area contributed by atoms with E-state index < -0.39 is 0 Å². The van der Waals surface area contributed by atoms with Gasteiger partial charge < -0.3 is 24.8 Å². The second kappa shape index (κ2) is 14.2. The standard InChI is InChI=1S/C33H33.C5H5.2ClH.Hf/c1-32(2,3)30-20-26-24(18-28(30)22-13-9-7-10-14-22)17-25-19-29(23-15-11-8-12-16-23)31(21-27(25)26)33(4,5)6;1-2-4-5-3-1;;;/h7-16,18,20-21H,17H2,1-6H3;1-5H;2*1H;/q2*-1;;;+4/p-2. The summed E-state index contributed by atoms with van der Waals surface area (Å²) in [6.45, 7) is 13.9. The topological polar surface area (TPSA) is 0 Å². The summed E-state index contributed by atoms with van der Waals surface area (Å²) in [6.07, 6.45) is 0.944. The molecule has 0 aliphatic heterocycles. The van der Waals surface area contributed by atoms with Crippen molar-refractivity contribution in [1.82, 2.24) is 0 Å². The van der Waals surface area contributed by atoms with Crippen LogP contribution in [0.3, 0.4) is 0 Å². The maximum atomic E-state index is 3.88. The molecule has 0 atom stereocenters. The average Bonchev–Trinajstić information content (AvgIpc) is 3.59. The van der Waals surface area contributed by atoms with Gasteiger partial charge >= 0.3 is 25.8 Å². The van der Waals surface area contributed by atoms with Gasteiger partial charge in [-0.3, -0.25) is 0 Å². The van der Waals surface area contributed by atoms with E-state index in [0.29, 0.717) is 0 Å². The summed E-state index contributed by atoms with van der Waals surface area (Å²) < 4.78 is 0. The average molecular weight is 744 g/mol. The zero-order valence-corrected chi connectivity index (χ0v) is 30.0. The Morgan fingerprint density at radius 1 is 0.585 bits per heavy atom. The fourth-order valence-electron chi connectivity index (χ4n) is 5.42. The van der Waals surface area contributed by atoms with E-state index in [1.807, 2.05) is 30.3 Å². The van der Waals surface area contributed by atoms with Gasteiger partial charge in [-0.15, -0.1) is 28.8 Å². The van der Waals surface area contributed by atoms with E-state index in [9.17, 15) is 0 Å². The van der Waals surface area contributed by atoms with Crippen molar-refractivity contribution >= 4 is 0 Å². The molecule has 3 heteroatoms. The SMILES string of the molecule is CC(C)(C)c1cc2c([c-]c1-c1ccccc1)Cc1cc(-c3ccccc3)c(C(C)(C)C)cc1-2.[Cl-].[Cl-].[Hf+4].c1cc[cH-]c1. The Bertz CT molecular complexity index is 1400. The molecule has 208 valence electrons. The first-order chi connectivity index (χ1) is 18.1. The summed E-state index contributed by atoms with van der Waals surface area (Å²) in [6, 6.07) is 42.8. The molecule has 1 aliphatic rings. The zero-order chi connectivity index (χ0) is 26.9. The number of hydrogen-bond acceptors (Lipinski definition) is 0. The van der Waals surface area contributed by atoms with Crippen LogP contribution in [0.4, 0.5) is 0 Å². The van der Waals surface area contributed by atoms with Crippen molar-refractivity contribution in [1.29, 1.82) is 0 Å². The molecule has 0 saturated carbocycles. The predicted molar refractivity (Wildman–Crippen MR) is 164 cm³/mol. The number of benzene rings is 4. The molecule has 0 radical (unpaired) electrons. The molecule has 0 bridgehead atoms. The second-order valence-electron chi connectivity index (χ2n) is 12.4. The van der Waals surface area contributed by atoms with Crippen LogP contribution in [0.25, 0.3) is 33.4 Å². The summed E-state index contributed by atoms with van der Waals surface area (Å²) in [5, 5.41) is 0. The number of halogens is 2. The fraction of sp³-hybridized carbons (Fsp3) is 0.237. The third-order valence-electron chi connectivity index (χ3n) is 7.38. The van der Waals surface area contributed by atoms with Crippen molar-refractivity contribution in [2.24, 2.45) is 0 Å². The Morgan fingerprint density at radius 2 is 1.10 bits per heavy atom. The third kappa shape index (κ3) is 7.75. The molecular formula is C38H38Cl2Hf. The second-order valence-corrected chi connectivity index (χ2v) is 12.4. The van der Waals surface area contributed by atoms with E-state index in [4.69, 9.17) is 0 Å². The predicted octanol–water partition coefficient (Wildman–Crippen LogP) is 4.40. The minimum atomic E-state index is 0. The first-order valence-electron chi connectivity index (χ1n) is 13.7. The molecule has 0 spiro atoms. The van der Waals surface area contributed by atoms with Gasteiger partial charge in [0.2, 0.25) is 0 Å². The van der Waals surface area contributed by atoms with Crippen molar-refractivity contribution in [3.05, 3.63) is 138 Å². The van der Waals surface area contributed by atoms with Gasteiger partial charge in [-0.2, -0.15) is 18.2 Å². The molecule has 0 N–H and O–H groups in total. The number of fused-ring (bicyclic) bond motifs is 3. The van der Waals surface area contributed by atoms with Gasteiger partial charge in [0.05, 0.1) is 0 Å². The zero-order valence-electron chi connectivity index (χ0n) is 24.9. The largest absolute Gasteiger partial charge is 4.00 e. The van der Waals surface area contributed by atoms with Gasteiger partial charge in [-0.1, -0.05) is 131 Å². The molecule has 1 aliphatic carbocycles. The van der Waals surface area contributed by atoms with Crippen LogP contribution in [0.2, 0.25) is 0 Å². The van der Waals surface area contributed by atoms with Crippen molar-refractivity contribution in [3.63, 3.8) is 0 Å². The van der Waals surface area contributed by atoms with Crippen molar-refractivity contribution in [2.45, 2.75) is 58.8 Å². The molecule has 41 heavy (non-hydrogen) atoms. The summed E-state index contributed by atoms with van der Waals surface area (Å²) in [5.41, 5.74) is 13.5. The third-order valence-corrected chi connectivity index (χ3v) is 7.38. The Morgan fingerprint density at radius 3 is 1.59 bits per heavy atom. The van der Waals surface area contributed by atoms with E-state index >= 15 is 0 Å². The summed E-state index contributed by atoms with van der Waals surface area (Å²) in [4.78, 5) is 0. The van der Waals surface area contributed by atoms with Gasteiger partial charge in [0.1, 0.15) is 0 Å². The van der Waals surface area contributed by atoms with Crippen molar-refractivity contribution in [2.75, 3.05) is 0 Å². The van der Waals surface area contributed by atoms with E-state index in [-0.39, 0.29) is 61.5 Å². The normalized spacial score (nSPS) is 11.5. The summed E-state index contributed by atoms with van der Waals surface area (Å²) >= 11 is 0. The summed E-state index contributed by atoms with van der Waals surface area (Å²) in [7, 11) is 0. The van der Waals surface area contributed by atoms with E-state index in [0.717, 1.165) is 6.42 Å². The Kier molecular flexibility index (Phi) is 12.1. The van der Waals surface area contributed by atoms with Gasteiger partial charge in [0, 0.05) is 0 Å². The van der Waals surface area contributed by atoms with Crippen LogP contribution < -0.4 is 24.8 Å². The minimum Gasteiger partial charge on any atom is -1.00 e. The minimum absolute atomic E-state index is 0. The maximum Gasteiger partial charge on any atom is 4.00 e. The monoisotopic (exact) mass is 744 g/mol. The van der Waals surface area contributed by atoms with Crippen molar-refractivity contribution in [3.8, 4) is 33.4 Å². The van der Waals surface area contributed by atoms with Gasteiger partial charge in [0.15, 0.2) is 0 Å². The fourth-order valence-corrected chi connectivity index (χ4v) is 5.42. The smallest absolute Gasteiger partial charge is 1.00 e. The van der Waals surface area contributed by atoms with E-state index in [1.54, 1.807) is 0 Å². The van der Waals surface area contributed by atoms with Crippen LogP contribution in [-0.4, -0.2) is 0 Å². The first kappa shape index (κ1) is 34.9. The molecule has 5 aromatic rings. The van der Waals surface area contributed by atoms with Crippen LogP contribution in [-0.2, 0) is 43.1 Å².